The maximum absolute atomic E-state index is 12.4. The van der Waals surface area contributed by atoms with Crippen molar-refractivity contribution in [3.63, 3.8) is 0 Å². The molecule has 3 heterocycles. The Kier molecular flexibility index (Phi) is 3.90. The van der Waals surface area contributed by atoms with Crippen molar-refractivity contribution < 1.29 is 13.9 Å². The van der Waals surface area contributed by atoms with Crippen molar-refractivity contribution in [3.8, 4) is 5.88 Å². The fourth-order valence-corrected chi connectivity index (χ4v) is 2.37. The van der Waals surface area contributed by atoms with Crippen molar-refractivity contribution in [1.29, 1.82) is 0 Å². The quantitative estimate of drug-likeness (QED) is 0.827. The molecule has 0 saturated carbocycles. The van der Waals surface area contributed by atoms with Gasteiger partial charge < -0.3 is 19.0 Å². The first-order chi connectivity index (χ1) is 10.7. The fraction of sp³-hybridized carbons (Fsp3) is 0.429. The second-order valence-corrected chi connectivity index (χ2v) is 4.94. The standard InChI is InChI=1S/C14H17N5O3/c1-10-12(16-9-22-10)13(20)18-5-7-19(8-6-18)14-15-4-3-11(17-14)21-2/h3-4,9H,5-8H2,1-2H3. The summed E-state index contributed by atoms with van der Waals surface area (Å²) in [5, 5.41) is 0. The number of ether oxygens (including phenoxy) is 1. The van der Waals surface area contributed by atoms with Gasteiger partial charge in [-0.05, 0) is 6.92 Å². The van der Waals surface area contributed by atoms with Gasteiger partial charge in [0.25, 0.3) is 5.91 Å². The number of aryl methyl sites for hydroxylation is 1. The number of methoxy groups -OCH3 is 1. The highest BCUT2D eigenvalue weighted by molar-refractivity contribution is 5.93. The molecule has 8 nitrogen and oxygen atoms in total. The molecule has 2 aromatic rings. The van der Waals surface area contributed by atoms with Gasteiger partial charge in [-0.2, -0.15) is 4.98 Å². The first-order valence-corrected chi connectivity index (χ1v) is 7.00. The molecule has 0 aromatic carbocycles. The molecule has 1 amide bonds. The average molecular weight is 303 g/mol. The monoisotopic (exact) mass is 303 g/mol. The van der Waals surface area contributed by atoms with Crippen LogP contribution in [-0.4, -0.2) is 59.0 Å². The molecule has 0 atom stereocenters. The number of piperazine rings is 1. The normalized spacial score (nSPS) is 15.0. The van der Waals surface area contributed by atoms with E-state index in [1.54, 1.807) is 31.2 Å². The molecule has 3 rings (SSSR count). The molecule has 1 aliphatic heterocycles. The van der Waals surface area contributed by atoms with Crippen molar-refractivity contribution in [2.45, 2.75) is 6.92 Å². The van der Waals surface area contributed by atoms with Gasteiger partial charge in [0.05, 0.1) is 7.11 Å². The highest BCUT2D eigenvalue weighted by Crippen LogP contribution is 2.16. The van der Waals surface area contributed by atoms with Crippen LogP contribution in [0.3, 0.4) is 0 Å². The van der Waals surface area contributed by atoms with Crippen LogP contribution in [0, 0.1) is 6.92 Å². The molecule has 1 fully saturated rings. The number of carbonyl (C=O) groups excluding carboxylic acids is 1. The zero-order valence-corrected chi connectivity index (χ0v) is 12.5. The van der Waals surface area contributed by atoms with Gasteiger partial charge >= 0.3 is 0 Å². The number of hydrogen-bond acceptors (Lipinski definition) is 7. The van der Waals surface area contributed by atoms with E-state index in [-0.39, 0.29) is 5.91 Å². The van der Waals surface area contributed by atoms with Crippen LogP contribution in [-0.2, 0) is 0 Å². The molecule has 0 radical (unpaired) electrons. The smallest absolute Gasteiger partial charge is 0.276 e. The van der Waals surface area contributed by atoms with E-state index >= 15 is 0 Å². The van der Waals surface area contributed by atoms with Gasteiger partial charge in [0.2, 0.25) is 11.8 Å². The summed E-state index contributed by atoms with van der Waals surface area (Å²) < 4.78 is 10.2. The molecule has 0 aliphatic carbocycles. The summed E-state index contributed by atoms with van der Waals surface area (Å²) in [6.45, 7) is 4.24. The van der Waals surface area contributed by atoms with Crippen LogP contribution in [0.15, 0.2) is 23.1 Å². The average Bonchev–Trinajstić information content (AvgIpc) is 3.00. The van der Waals surface area contributed by atoms with Gasteiger partial charge in [-0.25, -0.2) is 9.97 Å². The van der Waals surface area contributed by atoms with Crippen molar-refractivity contribution in [2.24, 2.45) is 0 Å². The second-order valence-electron chi connectivity index (χ2n) is 4.94. The Balaban J connectivity index is 1.65. The van der Waals surface area contributed by atoms with E-state index in [1.165, 1.54) is 6.39 Å². The Morgan fingerprint density at radius 3 is 2.68 bits per heavy atom. The zero-order chi connectivity index (χ0) is 15.5. The Morgan fingerprint density at radius 1 is 1.27 bits per heavy atom. The van der Waals surface area contributed by atoms with E-state index in [1.807, 2.05) is 4.90 Å². The Hall–Kier alpha value is -2.64. The molecule has 0 N–H and O–H groups in total. The Morgan fingerprint density at radius 2 is 2.05 bits per heavy atom. The van der Waals surface area contributed by atoms with Crippen molar-refractivity contribution in [3.05, 3.63) is 30.1 Å². The van der Waals surface area contributed by atoms with Gasteiger partial charge in [0.15, 0.2) is 12.1 Å². The van der Waals surface area contributed by atoms with Crippen LogP contribution in [0.25, 0.3) is 0 Å². The van der Waals surface area contributed by atoms with Gasteiger partial charge in [0, 0.05) is 38.4 Å². The fourth-order valence-electron chi connectivity index (χ4n) is 2.37. The van der Waals surface area contributed by atoms with E-state index in [2.05, 4.69) is 15.0 Å². The van der Waals surface area contributed by atoms with Crippen LogP contribution in [0.4, 0.5) is 5.95 Å². The summed E-state index contributed by atoms with van der Waals surface area (Å²) in [5.41, 5.74) is 0.381. The molecule has 1 saturated heterocycles. The number of anilines is 1. The lowest BCUT2D eigenvalue weighted by molar-refractivity contribution is 0.0739. The van der Waals surface area contributed by atoms with Crippen LogP contribution in [0.1, 0.15) is 16.2 Å². The van der Waals surface area contributed by atoms with E-state index in [4.69, 9.17) is 9.15 Å². The molecule has 116 valence electrons. The molecule has 8 heteroatoms. The summed E-state index contributed by atoms with van der Waals surface area (Å²) in [5.74, 6) is 1.59. The highest BCUT2D eigenvalue weighted by Gasteiger charge is 2.26. The zero-order valence-electron chi connectivity index (χ0n) is 12.5. The van der Waals surface area contributed by atoms with Crippen molar-refractivity contribution >= 4 is 11.9 Å². The topological polar surface area (TPSA) is 84.6 Å². The van der Waals surface area contributed by atoms with Crippen molar-refractivity contribution in [1.82, 2.24) is 19.9 Å². The SMILES string of the molecule is COc1ccnc(N2CCN(C(=O)c3ncoc3C)CC2)n1. The molecule has 0 unspecified atom stereocenters. The third-order valence-corrected chi connectivity index (χ3v) is 3.62. The minimum absolute atomic E-state index is 0.0996. The number of hydrogen-bond donors (Lipinski definition) is 0. The lowest BCUT2D eigenvalue weighted by Crippen LogP contribution is -2.49. The van der Waals surface area contributed by atoms with Crippen LogP contribution in [0.2, 0.25) is 0 Å². The molecular formula is C14H17N5O3. The number of oxazole rings is 1. The molecule has 0 spiro atoms. The third-order valence-electron chi connectivity index (χ3n) is 3.62. The van der Waals surface area contributed by atoms with E-state index in [9.17, 15) is 4.79 Å². The lowest BCUT2D eigenvalue weighted by atomic mass is 10.2. The number of rotatable bonds is 3. The van der Waals surface area contributed by atoms with E-state index in [0.29, 0.717) is 49.5 Å². The maximum atomic E-state index is 12.4. The maximum Gasteiger partial charge on any atom is 0.276 e. The van der Waals surface area contributed by atoms with E-state index < -0.39 is 0 Å². The first-order valence-electron chi connectivity index (χ1n) is 7.00. The molecular weight excluding hydrogens is 286 g/mol. The second kappa shape index (κ2) is 6.00. The van der Waals surface area contributed by atoms with Crippen molar-refractivity contribution in [2.75, 3.05) is 38.2 Å². The number of aromatic nitrogens is 3. The van der Waals surface area contributed by atoms with Gasteiger partial charge in [-0.15, -0.1) is 0 Å². The van der Waals surface area contributed by atoms with Gasteiger partial charge in [-0.1, -0.05) is 0 Å². The molecule has 1 aliphatic rings. The molecule has 22 heavy (non-hydrogen) atoms. The summed E-state index contributed by atoms with van der Waals surface area (Å²) >= 11 is 0. The molecule has 2 aromatic heterocycles. The van der Waals surface area contributed by atoms with Gasteiger partial charge in [-0.3, -0.25) is 4.79 Å². The summed E-state index contributed by atoms with van der Waals surface area (Å²) in [6.07, 6.45) is 2.96. The summed E-state index contributed by atoms with van der Waals surface area (Å²) in [4.78, 5) is 28.7. The minimum Gasteiger partial charge on any atom is -0.481 e. The van der Waals surface area contributed by atoms with Crippen LogP contribution < -0.4 is 9.64 Å². The largest absolute Gasteiger partial charge is 0.481 e. The Bertz CT molecular complexity index is 664. The first kappa shape index (κ1) is 14.3. The third kappa shape index (κ3) is 2.72. The highest BCUT2D eigenvalue weighted by atomic mass is 16.5. The number of amides is 1. The van der Waals surface area contributed by atoms with Crippen LogP contribution in [0.5, 0.6) is 5.88 Å². The predicted octanol–water partition coefficient (Wildman–Crippen LogP) is 0.744. The van der Waals surface area contributed by atoms with Crippen LogP contribution >= 0.6 is 0 Å². The lowest BCUT2D eigenvalue weighted by Gasteiger charge is -2.34. The molecule has 0 bridgehead atoms. The number of carbonyl (C=O) groups is 1. The van der Waals surface area contributed by atoms with E-state index in [0.717, 1.165) is 0 Å². The number of nitrogens with zero attached hydrogens (tertiary/aromatic N) is 5. The Labute approximate surface area is 127 Å². The summed E-state index contributed by atoms with van der Waals surface area (Å²) in [6, 6.07) is 1.70. The van der Waals surface area contributed by atoms with Gasteiger partial charge in [0.1, 0.15) is 5.76 Å². The minimum atomic E-state index is -0.0996. The predicted molar refractivity (Wildman–Crippen MR) is 77.9 cm³/mol. The summed E-state index contributed by atoms with van der Waals surface area (Å²) in [7, 11) is 1.57.